The van der Waals surface area contributed by atoms with Crippen molar-refractivity contribution in [1.82, 2.24) is 10.3 Å². The Kier molecular flexibility index (Phi) is 3.72. The fourth-order valence-electron chi connectivity index (χ4n) is 4.29. The zero-order chi connectivity index (χ0) is 16.8. The number of hydrogen-bond acceptors (Lipinski definition) is 3. The van der Waals surface area contributed by atoms with Crippen LogP contribution in [0, 0.1) is 5.82 Å². The molecule has 5 nitrogen and oxygen atoms in total. The van der Waals surface area contributed by atoms with E-state index in [1.54, 1.807) is 0 Å². The molecule has 24 heavy (non-hydrogen) atoms. The number of aromatic nitrogens is 1. The van der Waals surface area contributed by atoms with Crippen LogP contribution in [-0.4, -0.2) is 37.1 Å². The summed E-state index contributed by atoms with van der Waals surface area (Å²) < 4.78 is 15.0. The number of fused-ring (bicyclic) bond motifs is 3. The van der Waals surface area contributed by atoms with Crippen LogP contribution in [0.25, 0.3) is 10.9 Å². The van der Waals surface area contributed by atoms with Gasteiger partial charge in [-0.3, -0.25) is 4.79 Å². The molecule has 1 aliphatic heterocycles. The molecule has 6 heteroatoms. The number of amides is 1. The third-order valence-electron chi connectivity index (χ3n) is 5.46. The van der Waals surface area contributed by atoms with Crippen molar-refractivity contribution in [2.75, 3.05) is 25.0 Å². The molecule has 128 valence electrons. The van der Waals surface area contributed by atoms with E-state index in [9.17, 15) is 4.79 Å². The van der Waals surface area contributed by atoms with Gasteiger partial charge in [0, 0.05) is 30.2 Å². The Hall–Kier alpha value is -2.08. The number of H-pyrrole nitrogens is 1. The van der Waals surface area contributed by atoms with Crippen LogP contribution in [0.1, 0.15) is 40.9 Å². The highest BCUT2D eigenvalue weighted by atomic mass is 19.1. The number of nitrogens with zero attached hydrogens (tertiary/aromatic N) is 1. The van der Waals surface area contributed by atoms with Crippen LogP contribution in [0.5, 0.6) is 0 Å². The van der Waals surface area contributed by atoms with Crippen LogP contribution in [-0.2, 0) is 12.8 Å². The van der Waals surface area contributed by atoms with E-state index in [1.807, 2.05) is 7.05 Å². The van der Waals surface area contributed by atoms with E-state index in [0.717, 1.165) is 61.8 Å². The van der Waals surface area contributed by atoms with Crippen molar-refractivity contribution >= 4 is 22.5 Å². The lowest BCUT2D eigenvalue weighted by Crippen LogP contribution is -2.44. The van der Waals surface area contributed by atoms with Crippen LogP contribution in [0.15, 0.2) is 6.07 Å². The van der Waals surface area contributed by atoms with Gasteiger partial charge in [0.15, 0.2) is 0 Å². The Morgan fingerprint density at radius 2 is 2.25 bits per heavy atom. The van der Waals surface area contributed by atoms with E-state index in [4.69, 9.17) is 5.73 Å². The summed E-state index contributed by atoms with van der Waals surface area (Å²) in [4.78, 5) is 17.3. The number of anilines is 1. The van der Waals surface area contributed by atoms with E-state index in [1.165, 1.54) is 6.07 Å². The molecule has 0 spiro atoms. The van der Waals surface area contributed by atoms with E-state index in [0.29, 0.717) is 17.2 Å². The monoisotopic (exact) mass is 330 g/mol. The summed E-state index contributed by atoms with van der Waals surface area (Å²) in [7, 11) is 1.95. The summed E-state index contributed by atoms with van der Waals surface area (Å²) in [5.41, 5.74) is 9.37. The average molecular weight is 330 g/mol. The second-order valence-corrected chi connectivity index (χ2v) is 6.88. The summed E-state index contributed by atoms with van der Waals surface area (Å²) in [6.45, 7) is 1.61. The van der Waals surface area contributed by atoms with E-state index in [2.05, 4.69) is 15.2 Å². The molecule has 2 heterocycles. The Morgan fingerprint density at radius 1 is 1.42 bits per heavy atom. The number of halogens is 1. The van der Waals surface area contributed by atoms with Gasteiger partial charge in [0.1, 0.15) is 5.82 Å². The highest BCUT2D eigenvalue weighted by Gasteiger charge is 2.29. The van der Waals surface area contributed by atoms with Gasteiger partial charge in [0.25, 0.3) is 5.91 Å². The molecule has 1 aromatic heterocycles. The molecule has 4 N–H and O–H groups in total. The summed E-state index contributed by atoms with van der Waals surface area (Å²) in [5.74, 6) is -0.932. The van der Waals surface area contributed by atoms with Crippen molar-refractivity contribution in [3.63, 3.8) is 0 Å². The first-order valence-electron chi connectivity index (χ1n) is 8.68. The van der Waals surface area contributed by atoms with Gasteiger partial charge in [-0.25, -0.2) is 4.39 Å². The van der Waals surface area contributed by atoms with Crippen LogP contribution < -0.4 is 16.0 Å². The van der Waals surface area contributed by atoms with Gasteiger partial charge < -0.3 is 20.9 Å². The second-order valence-electron chi connectivity index (χ2n) is 6.88. The SMILES string of the molecule is CN[C@H]1CCCN(c2c(F)cc(C(N)=O)c3[nH]c4c(c23)CCC4)C1. The quantitative estimate of drug-likeness (QED) is 0.807. The third-order valence-corrected chi connectivity index (χ3v) is 5.46. The number of carbonyl (C=O) groups excluding carboxylic acids is 1. The lowest BCUT2D eigenvalue weighted by molar-refractivity contribution is 0.100. The molecule has 0 bridgehead atoms. The Balaban J connectivity index is 1.93. The van der Waals surface area contributed by atoms with Gasteiger partial charge in [-0.05, 0) is 50.8 Å². The standard InChI is InChI=1S/C18H23FN4O/c1-21-10-4-3-7-23(9-10)17-13(19)8-12(18(20)24)16-15(17)11-5-2-6-14(11)22-16/h8,10,21-22H,2-7,9H2,1H3,(H2,20,24)/t10-/m0/s1. The molecular weight excluding hydrogens is 307 g/mol. The van der Waals surface area contributed by atoms with Gasteiger partial charge in [0.05, 0.1) is 16.8 Å². The highest BCUT2D eigenvalue weighted by Crippen LogP contribution is 2.40. The zero-order valence-corrected chi connectivity index (χ0v) is 13.9. The summed E-state index contributed by atoms with van der Waals surface area (Å²) >= 11 is 0. The van der Waals surface area contributed by atoms with Crippen molar-refractivity contribution in [2.24, 2.45) is 5.73 Å². The molecule has 0 radical (unpaired) electrons. The molecular formula is C18H23FN4O. The maximum atomic E-state index is 15.0. The molecule has 1 aliphatic carbocycles. The molecule has 1 amide bonds. The van der Waals surface area contributed by atoms with Crippen LogP contribution >= 0.6 is 0 Å². The van der Waals surface area contributed by atoms with Gasteiger partial charge in [0.2, 0.25) is 0 Å². The Bertz CT molecular complexity index is 813. The molecule has 1 fully saturated rings. The summed E-state index contributed by atoms with van der Waals surface area (Å²) in [6.07, 6.45) is 5.06. The molecule has 1 aromatic carbocycles. The van der Waals surface area contributed by atoms with Gasteiger partial charge in [-0.2, -0.15) is 0 Å². The summed E-state index contributed by atoms with van der Waals surface area (Å²) in [5, 5.41) is 4.17. The van der Waals surface area contributed by atoms with E-state index in [-0.39, 0.29) is 11.4 Å². The largest absolute Gasteiger partial charge is 0.367 e. The van der Waals surface area contributed by atoms with Gasteiger partial charge in [-0.15, -0.1) is 0 Å². The maximum absolute atomic E-state index is 15.0. The van der Waals surface area contributed by atoms with Crippen molar-refractivity contribution < 1.29 is 9.18 Å². The number of hydrogen-bond donors (Lipinski definition) is 3. The predicted octanol–water partition coefficient (Wildman–Crippen LogP) is 2.08. The maximum Gasteiger partial charge on any atom is 0.250 e. The molecule has 2 aliphatic rings. The fraction of sp³-hybridized carbons (Fsp3) is 0.500. The number of likely N-dealkylation sites (N-methyl/N-ethyl adjacent to an activating group) is 1. The number of carbonyl (C=O) groups is 1. The number of primary amides is 1. The Labute approximate surface area is 140 Å². The minimum Gasteiger partial charge on any atom is -0.367 e. The molecule has 0 unspecified atom stereocenters. The lowest BCUT2D eigenvalue weighted by Gasteiger charge is -2.35. The van der Waals surface area contributed by atoms with Gasteiger partial charge >= 0.3 is 0 Å². The smallest absolute Gasteiger partial charge is 0.250 e. The molecule has 1 saturated heterocycles. The minimum atomic E-state index is -0.586. The van der Waals surface area contributed by atoms with Crippen molar-refractivity contribution in [1.29, 1.82) is 0 Å². The van der Waals surface area contributed by atoms with Crippen molar-refractivity contribution in [3.05, 3.63) is 28.7 Å². The number of piperidine rings is 1. The minimum absolute atomic E-state index is 0.253. The molecule has 0 saturated carbocycles. The zero-order valence-electron chi connectivity index (χ0n) is 13.9. The normalized spacial score (nSPS) is 20.6. The summed E-state index contributed by atoms with van der Waals surface area (Å²) in [6, 6.07) is 1.66. The van der Waals surface area contributed by atoms with Crippen molar-refractivity contribution in [3.8, 4) is 0 Å². The number of nitrogens with one attached hydrogen (secondary N) is 2. The van der Waals surface area contributed by atoms with Crippen LogP contribution in [0.2, 0.25) is 0 Å². The molecule has 4 rings (SSSR count). The topological polar surface area (TPSA) is 74.2 Å². The number of benzene rings is 1. The first-order chi connectivity index (χ1) is 11.6. The average Bonchev–Trinajstić information content (AvgIpc) is 3.15. The number of nitrogens with two attached hydrogens (primary N) is 1. The molecule has 1 atom stereocenters. The third kappa shape index (κ3) is 2.28. The first-order valence-corrected chi connectivity index (χ1v) is 8.68. The second kappa shape index (κ2) is 5.77. The highest BCUT2D eigenvalue weighted by molar-refractivity contribution is 6.10. The fourth-order valence-corrected chi connectivity index (χ4v) is 4.29. The number of aryl methyl sites for hydroxylation is 2. The number of aromatic amines is 1. The van der Waals surface area contributed by atoms with E-state index >= 15 is 4.39 Å². The molecule has 2 aromatic rings. The van der Waals surface area contributed by atoms with Gasteiger partial charge in [-0.1, -0.05) is 0 Å². The van der Waals surface area contributed by atoms with Crippen LogP contribution in [0.3, 0.4) is 0 Å². The van der Waals surface area contributed by atoms with Crippen LogP contribution in [0.4, 0.5) is 10.1 Å². The first kappa shape index (κ1) is 15.4. The van der Waals surface area contributed by atoms with E-state index < -0.39 is 5.91 Å². The number of rotatable bonds is 3. The predicted molar refractivity (Wildman–Crippen MR) is 93.1 cm³/mol. The van der Waals surface area contributed by atoms with Crippen molar-refractivity contribution in [2.45, 2.75) is 38.1 Å². The Morgan fingerprint density at radius 3 is 3.00 bits per heavy atom. The lowest BCUT2D eigenvalue weighted by atomic mass is 10.00.